The first kappa shape index (κ1) is 19.0. The average Bonchev–Trinajstić information content (AvgIpc) is 3.16. The van der Waals surface area contributed by atoms with Crippen molar-refractivity contribution in [1.82, 2.24) is 0 Å². The van der Waals surface area contributed by atoms with Gasteiger partial charge in [0, 0.05) is 11.5 Å². The molecule has 0 spiro atoms. The average molecular weight is 391 g/mol. The first-order valence-corrected chi connectivity index (χ1v) is 10.5. The van der Waals surface area contributed by atoms with E-state index < -0.39 is 5.97 Å². The van der Waals surface area contributed by atoms with E-state index in [0.717, 1.165) is 28.4 Å². The maximum atomic E-state index is 12.2. The van der Waals surface area contributed by atoms with Crippen molar-refractivity contribution in [3.05, 3.63) is 53.1 Å². The fourth-order valence-electron chi connectivity index (χ4n) is 2.78. The Morgan fingerprint density at radius 3 is 2.42 bits per heavy atom. The van der Waals surface area contributed by atoms with Crippen LogP contribution in [0.25, 0.3) is 0 Å². The SMILES string of the molecule is COc1cc(C2SCCS2)ccc1OC(=O)COc1c(C)cccc1C. The second kappa shape index (κ2) is 8.73. The lowest BCUT2D eigenvalue weighted by molar-refractivity contribution is -0.136. The number of esters is 1. The molecule has 0 unspecified atom stereocenters. The highest BCUT2D eigenvalue weighted by Gasteiger charge is 2.20. The topological polar surface area (TPSA) is 44.8 Å². The third kappa shape index (κ3) is 4.48. The molecule has 1 fully saturated rings. The van der Waals surface area contributed by atoms with Gasteiger partial charge < -0.3 is 14.2 Å². The molecule has 0 atom stereocenters. The molecule has 3 rings (SSSR count). The molecule has 0 radical (unpaired) electrons. The lowest BCUT2D eigenvalue weighted by atomic mass is 10.1. The summed E-state index contributed by atoms with van der Waals surface area (Å²) < 4.78 is 16.9. The zero-order valence-electron chi connectivity index (χ0n) is 15.1. The highest BCUT2D eigenvalue weighted by molar-refractivity contribution is 8.19. The zero-order chi connectivity index (χ0) is 18.5. The lowest BCUT2D eigenvalue weighted by Crippen LogP contribution is -2.18. The Labute approximate surface area is 162 Å². The van der Waals surface area contributed by atoms with Crippen LogP contribution in [0.4, 0.5) is 0 Å². The summed E-state index contributed by atoms with van der Waals surface area (Å²) in [5.74, 6) is 3.56. The number of carbonyl (C=O) groups is 1. The largest absolute Gasteiger partial charge is 0.493 e. The van der Waals surface area contributed by atoms with Crippen molar-refractivity contribution in [3.63, 3.8) is 0 Å². The Kier molecular flexibility index (Phi) is 6.38. The number of para-hydroxylation sites is 1. The van der Waals surface area contributed by atoms with Gasteiger partial charge in [-0.05, 0) is 42.7 Å². The number of hydrogen-bond donors (Lipinski definition) is 0. The number of thioether (sulfide) groups is 2. The van der Waals surface area contributed by atoms with Gasteiger partial charge in [-0.2, -0.15) is 0 Å². The zero-order valence-corrected chi connectivity index (χ0v) is 16.7. The fraction of sp³-hybridized carbons (Fsp3) is 0.350. The number of ether oxygens (including phenoxy) is 3. The fourth-order valence-corrected chi connectivity index (χ4v) is 5.61. The molecule has 0 bridgehead atoms. The van der Waals surface area contributed by atoms with Crippen LogP contribution < -0.4 is 14.2 Å². The predicted octanol–water partition coefficient (Wildman–Crippen LogP) is 4.78. The Bertz CT molecular complexity index is 765. The Hall–Kier alpha value is -1.79. The molecule has 0 amide bonds. The molecule has 0 N–H and O–H groups in total. The summed E-state index contributed by atoms with van der Waals surface area (Å²) in [6, 6.07) is 11.6. The van der Waals surface area contributed by atoms with Gasteiger partial charge in [0.2, 0.25) is 0 Å². The van der Waals surface area contributed by atoms with Crippen molar-refractivity contribution in [1.29, 1.82) is 0 Å². The van der Waals surface area contributed by atoms with E-state index in [0.29, 0.717) is 16.1 Å². The van der Waals surface area contributed by atoms with Crippen LogP contribution in [-0.2, 0) is 4.79 Å². The van der Waals surface area contributed by atoms with Gasteiger partial charge >= 0.3 is 5.97 Å². The van der Waals surface area contributed by atoms with Crippen LogP contribution in [0.1, 0.15) is 21.3 Å². The number of rotatable bonds is 6. The van der Waals surface area contributed by atoms with E-state index in [1.807, 2.05) is 67.7 Å². The van der Waals surface area contributed by atoms with Crippen LogP contribution >= 0.6 is 23.5 Å². The quantitative estimate of drug-likeness (QED) is 0.523. The predicted molar refractivity (Wildman–Crippen MR) is 108 cm³/mol. The third-order valence-corrected chi connectivity index (χ3v) is 7.15. The maximum Gasteiger partial charge on any atom is 0.349 e. The molecule has 2 aromatic carbocycles. The van der Waals surface area contributed by atoms with E-state index in [-0.39, 0.29) is 6.61 Å². The summed E-state index contributed by atoms with van der Waals surface area (Å²) in [4.78, 5) is 12.2. The van der Waals surface area contributed by atoms with Gasteiger partial charge in [0.1, 0.15) is 5.75 Å². The van der Waals surface area contributed by atoms with Gasteiger partial charge in [-0.1, -0.05) is 24.3 Å². The first-order chi connectivity index (χ1) is 12.6. The Balaban J connectivity index is 1.65. The number of aryl methyl sites for hydroxylation is 2. The molecule has 0 aromatic heterocycles. The normalized spacial score (nSPS) is 14.3. The van der Waals surface area contributed by atoms with Crippen molar-refractivity contribution in [2.75, 3.05) is 25.2 Å². The summed E-state index contributed by atoms with van der Waals surface area (Å²) in [5, 5.41) is 0. The molecule has 1 aliphatic rings. The molecular weight excluding hydrogens is 368 g/mol. The summed E-state index contributed by atoms with van der Waals surface area (Å²) in [6.07, 6.45) is 0. The van der Waals surface area contributed by atoms with E-state index in [2.05, 4.69) is 0 Å². The minimum Gasteiger partial charge on any atom is -0.493 e. The van der Waals surface area contributed by atoms with Crippen molar-refractivity contribution < 1.29 is 19.0 Å². The minimum atomic E-state index is -0.455. The van der Waals surface area contributed by atoms with Crippen LogP contribution in [-0.4, -0.2) is 31.2 Å². The number of benzene rings is 2. The second-order valence-corrected chi connectivity index (χ2v) is 8.69. The molecule has 6 heteroatoms. The monoisotopic (exact) mass is 390 g/mol. The van der Waals surface area contributed by atoms with Gasteiger partial charge in [0.25, 0.3) is 0 Å². The number of hydrogen-bond acceptors (Lipinski definition) is 6. The molecular formula is C20H22O4S2. The van der Waals surface area contributed by atoms with Crippen molar-refractivity contribution in [3.8, 4) is 17.2 Å². The summed E-state index contributed by atoms with van der Waals surface area (Å²) in [7, 11) is 1.58. The summed E-state index contributed by atoms with van der Waals surface area (Å²) in [6.45, 7) is 3.76. The molecule has 1 heterocycles. The van der Waals surface area contributed by atoms with E-state index in [1.54, 1.807) is 13.2 Å². The summed E-state index contributed by atoms with van der Waals surface area (Å²) >= 11 is 3.84. The smallest absolute Gasteiger partial charge is 0.349 e. The van der Waals surface area contributed by atoms with E-state index in [4.69, 9.17) is 14.2 Å². The van der Waals surface area contributed by atoms with Crippen molar-refractivity contribution in [2.24, 2.45) is 0 Å². The molecule has 138 valence electrons. The van der Waals surface area contributed by atoms with Crippen LogP contribution in [0, 0.1) is 13.8 Å². The van der Waals surface area contributed by atoms with Gasteiger partial charge in [0.15, 0.2) is 18.1 Å². The van der Waals surface area contributed by atoms with Crippen LogP contribution in [0.3, 0.4) is 0 Å². The summed E-state index contributed by atoms with van der Waals surface area (Å²) in [5.41, 5.74) is 3.17. The standard InChI is InChI=1S/C20H22O4S2/c1-13-5-4-6-14(2)19(13)23-12-18(21)24-16-8-7-15(11-17(16)22-3)20-25-9-10-26-20/h4-8,11,20H,9-10,12H2,1-3H3. The van der Waals surface area contributed by atoms with Gasteiger partial charge in [0.05, 0.1) is 11.7 Å². The molecule has 2 aromatic rings. The van der Waals surface area contributed by atoms with Crippen LogP contribution in [0.2, 0.25) is 0 Å². The molecule has 0 saturated carbocycles. The van der Waals surface area contributed by atoms with Gasteiger partial charge in [-0.3, -0.25) is 0 Å². The van der Waals surface area contributed by atoms with Gasteiger partial charge in [-0.25, -0.2) is 4.79 Å². The molecule has 1 saturated heterocycles. The van der Waals surface area contributed by atoms with E-state index in [9.17, 15) is 4.79 Å². The highest BCUT2D eigenvalue weighted by Crippen LogP contribution is 2.46. The highest BCUT2D eigenvalue weighted by atomic mass is 32.2. The molecule has 26 heavy (non-hydrogen) atoms. The van der Waals surface area contributed by atoms with Gasteiger partial charge in [-0.15, -0.1) is 23.5 Å². The van der Waals surface area contributed by atoms with Crippen LogP contribution in [0.5, 0.6) is 17.2 Å². The Morgan fingerprint density at radius 2 is 1.77 bits per heavy atom. The minimum absolute atomic E-state index is 0.148. The molecule has 0 aliphatic carbocycles. The van der Waals surface area contributed by atoms with Crippen molar-refractivity contribution in [2.45, 2.75) is 18.4 Å². The number of methoxy groups -OCH3 is 1. The third-order valence-electron chi connectivity index (χ3n) is 4.05. The maximum absolute atomic E-state index is 12.2. The van der Waals surface area contributed by atoms with Crippen molar-refractivity contribution >= 4 is 29.5 Å². The first-order valence-electron chi connectivity index (χ1n) is 8.39. The van der Waals surface area contributed by atoms with E-state index in [1.165, 1.54) is 5.56 Å². The number of carbonyl (C=O) groups excluding carboxylic acids is 1. The molecule has 4 nitrogen and oxygen atoms in total. The van der Waals surface area contributed by atoms with E-state index >= 15 is 0 Å². The second-order valence-electron chi connectivity index (χ2n) is 5.97. The lowest BCUT2D eigenvalue weighted by Gasteiger charge is -2.14. The molecule has 1 aliphatic heterocycles. The van der Waals surface area contributed by atoms with Crippen LogP contribution in [0.15, 0.2) is 36.4 Å². The Morgan fingerprint density at radius 1 is 1.08 bits per heavy atom.